The summed E-state index contributed by atoms with van der Waals surface area (Å²) in [5, 5.41) is 0. The second kappa shape index (κ2) is 7.05. The molecule has 5 nitrogen and oxygen atoms in total. The Hall–Kier alpha value is -1.88. The first kappa shape index (κ1) is 14.5. The van der Waals surface area contributed by atoms with Crippen LogP contribution < -0.4 is 4.74 Å². The Labute approximate surface area is 118 Å². The molecule has 0 N–H and O–H groups in total. The molecule has 0 aromatic heterocycles. The number of amides is 1. The molecule has 1 amide bonds. The number of ketones is 1. The molecule has 0 spiro atoms. The molecular weight excluding hydrogens is 258 g/mol. The average Bonchev–Trinajstić information content (AvgIpc) is 2.46. The molecule has 108 valence electrons. The molecule has 0 bridgehead atoms. The van der Waals surface area contributed by atoms with Crippen LogP contribution in [0.2, 0.25) is 0 Å². The largest absolute Gasteiger partial charge is 0.484 e. The zero-order valence-corrected chi connectivity index (χ0v) is 11.6. The lowest BCUT2D eigenvalue weighted by atomic mass is 10.1. The second-order valence-corrected chi connectivity index (χ2v) is 4.80. The molecule has 0 saturated carbocycles. The zero-order chi connectivity index (χ0) is 14.4. The molecular formula is C15H19NO4. The van der Waals surface area contributed by atoms with Gasteiger partial charge < -0.3 is 14.4 Å². The Morgan fingerprint density at radius 3 is 2.45 bits per heavy atom. The van der Waals surface area contributed by atoms with Crippen LogP contribution in [0, 0.1) is 0 Å². The van der Waals surface area contributed by atoms with E-state index in [9.17, 15) is 9.59 Å². The van der Waals surface area contributed by atoms with E-state index in [0.29, 0.717) is 38.5 Å². The molecule has 1 aromatic rings. The first-order chi connectivity index (χ1) is 9.65. The number of nitrogens with zero attached hydrogens (tertiary/aromatic N) is 1. The summed E-state index contributed by atoms with van der Waals surface area (Å²) in [7, 11) is 0. The van der Waals surface area contributed by atoms with Crippen molar-refractivity contribution in [2.75, 3.05) is 32.9 Å². The number of rotatable bonds is 5. The maximum Gasteiger partial charge on any atom is 0.260 e. The second-order valence-electron chi connectivity index (χ2n) is 4.80. The zero-order valence-electron chi connectivity index (χ0n) is 11.6. The van der Waals surface area contributed by atoms with E-state index in [0.717, 1.165) is 5.56 Å². The molecule has 0 aliphatic carbocycles. The fourth-order valence-electron chi connectivity index (χ4n) is 2.04. The SMILES string of the molecule is CC(=O)Cc1ccc(OCC(=O)N2CCOCC2)cc1. The van der Waals surface area contributed by atoms with Gasteiger partial charge in [0, 0.05) is 19.5 Å². The van der Waals surface area contributed by atoms with E-state index in [-0.39, 0.29) is 18.3 Å². The summed E-state index contributed by atoms with van der Waals surface area (Å²) in [4.78, 5) is 24.6. The summed E-state index contributed by atoms with van der Waals surface area (Å²) in [5.41, 5.74) is 0.948. The van der Waals surface area contributed by atoms with Crippen LogP contribution in [0.5, 0.6) is 5.75 Å². The predicted molar refractivity (Wildman–Crippen MR) is 73.7 cm³/mol. The summed E-state index contributed by atoms with van der Waals surface area (Å²) >= 11 is 0. The topological polar surface area (TPSA) is 55.8 Å². The molecule has 0 radical (unpaired) electrons. The van der Waals surface area contributed by atoms with Gasteiger partial charge in [0.2, 0.25) is 0 Å². The molecule has 0 unspecified atom stereocenters. The number of hydrogen-bond acceptors (Lipinski definition) is 4. The third-order valence-corrected chi connectivity index (χ3v) is 3.10. The molecule has 0 atom stereocenters. The first-order valence-corrected chi connectivity index (χ1v) is 6.72. The Balaban J connectivity index is 1.81. The summed E-state index contributed by atoms with van der Waals surface area (Å²) in [6.07, 6.45) is 0.424. The van der Waals surface area contributed by atoms with E-state index in [2.05, 4.69) is 0 Å². The highest BCUT2D eigenvalue weighted by atomic mass is 16.5. The smallest absolute Gasteiger partial charge is 0.260 e. The molecule has 1 saturated heterocycles. The van der Waals surface area contributed by atoms with Gasteiger partial charge in [-0.05, 0) is 24.6 Å². The number of carbonyl (C=O) groups excluding carboxylic acids is 2. The van der Waals surface area contributed by atoms with Gasteiger partial charge in [-0.3, -0.25) is 9.59 Å². The monoisotopic (exact) mass is 277 g/mol. The number of Topliss-reactive ketones (excluding diaryl/α,β-unsaturated/α-hetero) is 1. The van der Waals surface area contributed by atoms with Crippen LogP contribution in [0.25, 0.3) is 0 Å². The average molecular weight is 277 g/mol. The molecule has 1 fully saturated rings. The normalized spacial score (nSPS) is 14.9. The van der Waals surface area contributed by atoms with Gasteiger partial charge in [-0.15, -0.1) is 0 Å². The lowest BCUT2D eigenvalue weighted by Gasteiger charge is -2.26. The molecule has 2 rings (SSSR count). The Morgan fingerprint density at radius 2 is 1.85 bits per heavy atom. The molecule has 1 aliphatic heterocycles. The Morgan fingerprint density at radius 1 is 1.20 bits per heavy atom. The van der Waals surface area contributed by atoms with Crippen molar-refractivity contribution in [3.63, 3.8) is 0 Å². The van der Waals surface area contributed by atoms with Crippen molar-refractivity contribution in [3.8, 4) is 5.75 Å². The van der Waals surface area contributed by atoms with Gasteiger partial charge in [-0.25, -0.2) is 0 Å². The quantitative estimate of drug-likeness (QED) is 0.807. The molecule has 1 aromatic carbocycles. The van der Waals surface area contributed by atoms with Crippen molar-refractivity contribution in [1.29, 1.82) is 0 Å². The van der Waals surface area contributed by atoms with Gasteiger partial charge in [0.05, 0.1) is 13.2 Å². The van der Waals surface area contributed by atoms with Gasteiger partial charge in [0.25, 0.3) is 5.91 Å². The van der Waals surface area contributed by atoms with Crippen molar-refractivity contribution in [2.45, 2.75) is 13.3 Å². The van der Waals surface area contributed by atoms with Crippen molar-refractivity contribution in [2.24, 2.45) is 0 Å². The van der Waals surface area contributed by atoms with Crippen molar-refractivity contribution >= 4 is 11.7 Å². The minimum Gasteiger partial charge on any atom is -0.484 e. The highest BCUT2D eigenvalue weighted by Crippen LogP contribution is 2.13. The van der Waals surface area contributed by atoms with E-state index >= 15 is 0 Å². The fraction of sp³-hybridized carbons (Fsp3) is 0.467. The number of hydrogen-bond donors (Lipinski definition) is 0. The Kier molecular flexibility index (Phi) is 5.12. The summed E-state index contributed by atoms with van der Waals surface area (Å²) in [6.45, 7) is 4.02. The van der Waals surface area contributed by atoms with Crippen LogP contribution in [-0.4, -0.2) is 49.5 Å². The lowest BCUT2D eigenvalue weighted by molar-refractivity contribution is -0.137. The van der Waals surface area contributed by atoms with Crippen LogP contribution in [0.3, 0.4) is 0 Å². The first-order valence-electron chi connectivity index (χ1n) is 6.72. The van der Waals surface area contributed by atoms with E-state index < -0.39 is 0 Å². The van der Waals surface area contributed by atoms with Gasteiger partial charge in [-0.2, -0.15) is 0 Å². The molecule has 5 heteroatoms. The van der Waals surface area contributed by atoms with E-state index in [1.165, 1.54) is 0 Å². The minimum atomic E-state index is -0.0267. The van der Waals surface area contributed by atoms with Gasteiger partial charge in [-0.1, -0.05) is 12.1 Å². The van der Waals surface area contributed by atoms with Gasteiger partial charge in [0.1, 0.15) is 11.5 Å². The maximum atomic E-state index is 11.9. The van der Waals surface area contributed by atoms with Crippen LogP contribution in [0.4, 0.5) is 0 Å². The fourth-order valence-corrected chi connectivity index (χ4v) is 2.04. The number of benzene rings is 1. The van der Waals surface area contributed by atoms with Crippen LogP contribution >= 0.6 is 0 Å². The standard InChI is InChI=1S/C15H19NO4/c1-12(17)10-13-2-4-14(5-3-13)20-11-15(18)16-6-8-19-9-7-16/h2-5H,6-11H2,1H3. The highest BCUT2D eigenvalue weighted by molar-refractivity contribution is 5.78. The molecule has 20 heavy (non-hydrogen) atoms. The lowest BCUT2D eigenvalue weighted by Crippen LogP contribution is -2.42. The number of ether oxygens (including phenoxy) is 2. The summed E-state index contributed by atoms with van der Waals surface area (Å²) in [5.74, 6) is 0.737. The highest BCUT2D eigenvalue weighted by Gasteiger charge is 2.16. The summed E-state index contributed by atoms with van der Waals surface area (Å²) in [6, 6.07) is 7.25. The van der Waals surface area contributed by atoms with E-state index in [4.69, 9.17) is 9.47 Å². The van der Waals surface area contributed by atoms with Crippen molar-refractivity contribution in [3.05, 3.63) is 29.8 Å². The predicted octanol–water partition coefficient (Wildman–Crippen LogP) is 1.06. The van der Waals surface area contributed by atoms with Crippen molar-refractivity contribution in [1.82, 2.24) is 4.90 Å². The van der Waals surface area contributed by atoms with Crippen LogP contribution in [0.15, 0.2) is 24.3 Å². The third kappa shape index (κ3) is 4.35. The van der Waals surface area contributed by atoms with E-state index in [1.807, 2.05) is 12.1 Å². The molecule has 1 aliphatic rings. The van der Waals surface area contributed by atoms with E-state index in [1.54, 1.807) is 24.0 Å². The third-order valence-electron chi connectivity index (χ3n) is 3.10. The molecule has 1 heterocycles. The van der Waals surface area contributed by atoms with Crippen molar-refractivity contribution < 1.29 is 19.1 Å². The van der Waals surface area contributed by atoms with Gasteiger partial charge >= 0.3 is 0 Å². The van der Waals surface area contributed by atoms with Crippen LogP contribution in [-0.2, 0) is 20.7 Å². The maximum absolute atomic E-state index is 11.9. The van der Waals surface area contributed by atoms with Gasteiger partial charge in [0.15, 0.2) is 6.61 Å². The summed E-state index contributed by atoms with van der Waals surface area (Å²) < 4.78 is 10.7. The Bertz CT molecular complexity index is 463. The number of carbonyl (C=O) groups is 2. The number of morpholine rings is 1. The van der Waals surface area contributed by atoms with Crippen LogP contribution in [0.1, 0.15) is 12.5 Å². The minimum absolute atomic E-state index is 0.0267.